The van der Waals surface area contributed by atoms with E-state index in [0.29, 0.717) is 5.41 Å². The van der Waals surface area contributed by atoms with Crippen LogP contribution in [-0.4, -0.2) is 0 Å². The van der Waals surface area contributed by atoms with Gasteiger partial charge in [-0.05, 0) is 37.0 Å². The van der Waals surface area contributed by atoms with Crippen LogP contribution in [0.25, 0.3) is 0 Å². The Hall–Kier alpha value is -0.260. The average molecular weight is 166 g/mol. The molecule has 0 radical (unpaired) electrons. The van der Waals surface area contributed by atoms with E-state index in [1.807, 2.05) is 0 Å². The van der Waals surface area contributed by atoms with Gasteiger partial charge in [0.25, 0.3) is 0 Å². The van der Waals surface area contributed by atoms with Gasteiger partial charge < -0.3 is 0 Å². The van der Waals surface area contributed by atoms with Gasteiger partial charge in [-0.3, -0.25) is 0 Å². The largest absolute Gasteiger partial charge is 0.0799 e. The summed E-state index contributed by atoms with van der Waals surface area (Å²) >= 11 is 0. The maximum absolute atomic E-state index is 2.47. The number of hydrogen-bond acceptors (Lipinski definition) is 0. The van der Waals surface area contributed by atoms with Crippen molar-refractivity contribution >= 4 is 0 Å². The van der Waals surface area contributed by atoms with E-state index in [1.165, 1.54) is 25.7 Å². The molecule has 0 aromatic heterocycles. The van der Waals surface area contributed by atoms with Crippen LogP contribution in [0.1, 0.15) is 53.4 Å². The molecule has 0 atom stereocenters. The molecule has 1 rings (SSSR count). The molecule has 0 bridgehead atoms. The molecule has 1 fully saturated rings. The van der Waals surface area contributed by atoms with Crippen LogP contribution in [0.3, 0.4) is 0 Å². The molecule has 0 nitrogen and oxygen atoms in total. The Balaban J connectivity index is 2.49. The summed E-state index contributed by atoms with van der Waals surface area (Å²) in [6.07, 6.45) is 7.97. The van der Waals surface area contributed by atoms with Crippen molar-refractivity contribution in [2.24, 2.45) is 11.3 Å². The molecule has 0 spiro atoms. The van der Waals surface area contributed by atoms with E-state index < -0.39 is 0 Å². The fourth-order valence-electron chi connectivity index (χ4n) is 1.89. The molecule has 1 aliphatic rings. The van der Waals surface area contributed by atoms with Gasteiger partial charge in [-0.2, -0.15) is 0 Å². The Bertz CT molecular complexity index is 159. The number of hydrogen-bond donors (Lipinski definition) is 0. The highest BCUT2D eigenvalue weighted by Crippen LogP contribution is 2.30. The van der Waals surface area contributed by atoms with Crippen LogP contribution >= 0.6 is 0 Å². The molecule has 0 aromatic rings. The van der Waals surface area contributed by atoms with Crippen LogP contribution in [0.5, 0.6) is 0 Å². The standard InChI is InChI=1S/C12H22/c1-10-5-7-11(8-6-10)9-12(2,3)4/h9-10H,5-8H2,1-4H3. The minimum absolute atomic E-state index is 0.385. The van der Waals surface area contributed by atoms with E-state index >= 15 is 0 Å². The second-order valence-electron chi connectivity index (χ2n) is 5.35. The molecule has 0 amide bonds. The van der Waals surface area contributed by atoms with Crippen LogP contribution in [0, 0.1) is 11.3 Å². The van der Waals surface area contributed by atoms with Crippen LogP contribution in [0.2, 0.25) is 0 Å². The Kier molecular flexibility index (Phi) is 2.98. The fourth-order valence-corrected chi connectivity index (χ4v) is 1.89. The van der Waals surface area contributed by atoms with E-state index in [1.54, 1.807) is 5.57 Å². The van der Waals surface area contributed by atoms with E-state index in [2.05, 4.69) is 33.8 Å². The third-order valence-corrected chi connectivity index (χ3v) is 2.55. The molecule has 1 saturated carbocycles. The average Bonchev–Trinajstić information content (AvgIpc) is 1.91. The van der Waals surface area contributed by atoms with Crippen molar-refractivity contribution in [3.63, 3.8) is 0 Å². The summed E-state index contributed by atoms with van der Waals surface area (Å²) in [7, 11) is 0. The monoisotopic (exact) mass is 166 g/mol. The molecule has 0 saturated heterocycles. The van der Waals surface area contributed by atoms with Gasteiger partial charge in [0.15, 0.2) is 0 Å². The Morgan fingerprint density at radius 2 is 1.67 bits per heavy atom. The summed E-state index contributed by atoms with van der Waals surface area (Å²) in [6.45, 7) is 9.24. The van der Waals surface area contributed by atoms with Gasteiger partial charge in [0, 0.05) is 0 Å². The summed E-state index contributed by atoms with van der Waals surface area (Å²) in [6, 6.07) is 0. The van der Waals surface area contributed by atoms with E-state index in [0.717, 1.165) is 5.92 Å². The third kappa shape index (κ3) is 3.42. The maximum Gasteiger partial charge on any atom is -0.0200 e. The molecule has 0 N–H and O–H groups in total. The van der Waals surface area contributed by atoms with Gasteiger partial charge in [-0.25, -0.2) is 0 Å². The summed E-state index contributed by atoms with van der Waals surface area (Å²) < 4.78 is 0. The van der Waals surface area contributed by atoms with E-state index in [9.17, 15) is 0 Å². The van der Waals surface area contributed by atoms with Crippen LogP contribution < -0.4 is 0 Å². The topological polar surface area (TPSA) is 0 Å². The van der Waals surface area contributed by atoms with Gasteiger partial charge in [0.2, 0.25) is 0 Å². The van der Waals surface area contributed by atoms with E-state index in [-0.39, 0.29) is 0 Å². The van der Waals surface area contributed by atoms with Gasteiger partial charge in [0.1, 0.15) is 0 Å². The van der Waals surface area contributed by atoms with Gasteiger partial charge in [-0.15, -0.1) is 0 Å². The summed E-state index contributed by atoms with van der Waals surface area (Å²) in [5, 5.41) is 0. The molecular weight excluding hydrogens is 144 g/mol. The first-order chi connectivity index (χ1) is 5.47. The first-order valence-electron chi connectivity index (χ1n) is 5.18. The molecule has 0 aromatic carbocycles. The molecule has 0 heteroatoms. The highest BCUT2D eigenvalue weighted by Gasteiger charge is 2.14. The highest BCUT2D eigenvalue weighted by molar-refractivity contribution is 5.09. The lowest BCUT2D eigenvalue weighted by molar-refractivity contribution is 0.433. The summed E-state index contributed by atoms with van der Waals surface area (Å²) in [4.78, 5) is 0. The highest BCUT2D eigenvalue weighted by atomic mass is 14.2. The number of allylic oxidation sites excluding steroid dienone is 2. The van der Waals surface area contributed by atoms with Crippen LogP contribution in [-0.2, 0) is 0 Å². The van der Waals surface area contributed by atoms with Gasteiger partial charge in [0.05, 0.1) is 0 Å². The van der Waals surface area contributed by atoms with Gasteiger partial charge in [-0.1, -0.05) is 39.3 Å². The van der Waals surface area contributed by atoms with Crippen molar-refractivity contribution in [2.75, 3.05) is 0 Å². The summed E-state index contributed by atoms with van der Waals surface area (Å²) in [5.74, 6) is 0.960. The first kappa shape index (κ1) is 9.83. The summed E-state index contributed by atoms with van der Waals surface area (Å²) in [5.41, 5.74) is 2.08. The van der Waals surface area contributed by atoms with E-state index in [4.69, 9.17) is 0 Å². The SMILES string of the molecule is CC1CCC(=CC(C)(C)C)CC1. The molecule has 0 heterocycles. The molecule has 1 aliphatic carbocycles. The zero-order valence-corrected chi connectivity index (χ0v) is 8.98. The van der Waals surface area contributed by atoms with Crippen LogP contribution in [0.4, 0.5) is 0 Å². The van der Waals surface area contributed by atoms with Crippen molar-refractivity contribution in [2.45, 2.75) is 53.4 Å². The lowest BCUT2D eigenvalue weighted by Crippen LogP contribution is -2.08. The van der Waals surface area contributed by atoms with Crippen molar-refractivity contribution in [1.29, 1.82) is 0 Å². The molecular formula is C12H22. The zero-order valence-electron chi connectivity index (χ0n) is 8.98. The van der Waals surface area contributed by atoms with Crippen molar-refractivity contribution in [1.82, 2.24) is 0 Å². The fraction of sp³-hybridized carbons (Fsp3) is 0.833. The van der Waals surface area contributed by atoms with Crippen molar-refractivity contribution in [3.8, 4) is 0 Å². The lowest BCUT2D eigenvalue weighted by atomic mass is 9.83. The smallest absolute Gasteiger partial charge is 0.0200 e. The predicted molar refractivity (Wildman–Crippen MR) is 55.2 cm³/mol. The second kappa shape index (κ2) is 3.64. The van der Waals surface area contributed by atoms with Crippen molar-refractivity contribution in [3.05, 3.63) is 11.6 Å². The second-order valence-corrected chi connectivity index (χ2v) is 5.35. The van der Waals surface area contributed by atoms with Gasteiger partial charge >= 0.3 is 0 Å². The normalized spacial score (nSPS) is 25.7. The Morgan fingerprint density at radius 1 is 1.17 bits per heavy atom. The Morgan fingerprint density at radius 3 is 2.08 bits per heavy atom. The van der Waals surface area contributed by atoms with Crippen LogP contribution in [0.15, 0.2) is 11.6 Å². The molecule has 0 unspecified atom stereocenters. The first-order valence-corrected chi connectivity index (χ1v) is 5.18. The third-order valence-electron chi connectivity index (χ3n) is 2.55. The molecule has 12 heavy (non-hydrogen) atoms. The zero-order chi connectivity index (χ0) is 9.19. The van der Waals surface area contributed by atoms with Crippen molar-refractivity contribution < 1.29 is 0 Å². The quantitative estimate of drug-likeness (QED) is 0.474. The molecule has 70 valence electrons. The molecule has 0 aliphatic heterocycles. The maximum atomic E-state index is 2.47. The minimum atomic E-state index is 0.385. The Labute approximate surface area is 77.1 Å². The minimum Gasteiger partial charge on any atom is -0.0799 e. The lowest BCUT2D eigenvalue weighted by Gasteiger charge is -2.23. The number of rotatable bonds is 0. The predicted octanol–water partition coefficient (Wildman–Crippen LogP) is 4.17.